The van der Waals surface area contributed by atoms with E-state index >= 15 is 0 Å². The van der Waals surface area contributed by atoms with Crippen LogP contribution < -0.4 is 4.90 Å². The molecule has 2 aliphatic heterocycles. The standard InChI is InChI=1S/C11H17N3OS/c15-5-4-13-7-11(8-13)1-3-14(9-11)10-12-2-6-16-10/h2,6,15H,1,3-5,7-9H2. The minimum absolute atomic E-state index is 0.284. The molecule has 16 heavy (non-hydrogen) atoms. The molecule has 4 nitrogen and oxygen atoms in total. The highest BCUT2D eigenvalue weighted by Gasteiger charge is 2.47. The van der Waals surface area contributed by atoms with Gasteiger partial charge >= 0.3 is 0 Å². The monoisotopic (exact) mass is 239 g/mol. The number of aliphatic hydroxyl groups is 1. The Bertz CT molecular complexity index is 348. The van der Waals surface area contributed by atoms with Crippen molar-refractivity contribution < 1.29 is 5.11 Å². The molecule has 0 unspecified atom stereocenters. The van der Waals surface area contributed by atoms with Gasteiger partial charge in [-0.25, -0.2) is 4.98 Å². The SMILES string of the molecule is OCCN1CC2(CCN(c3nccs3)C2)C1. The average molecular weight is 239 g/mol. The van der Waals surface area contributed by atoms with Gasteiger partial charge in [-0.3, -0.25) is 4.90 Å². The van der Waals surface area contributed by atoms with E-state index in [1.165, 1.54) is 6.42 Å². The van der Waals surface area contributed by atoms with Crippen LogP contribution in [0, 0.1) is 5.41 Å². The molecule has 0 radical (unpaired) electrons. The Balaban J connectivity index is 1.58. The third-order valence-electron chi connectivity index (χ3n) is 3.66. The Kier molecular flexibility index (Phi) is 2.61. The van der Waals surface area contributed by atoms with Gasteiger partial charge in [-0.05, 0) is 6.42 Å². The highest BCUT2D eigenvalue weighted by molar-refractivity contribution is 7.13. The molecule has 2 aliphatic rings. The van der Waals surface area contributed by atoms with E-state index in [9.17, 15) is 0 Å². The summed E-state index contributed by atoms with van der Waals surface area (Å²) in [6, 6.07) is 0. The number of hydrogen-bond acceptors (Lipinski definition) is 5. The summed E-state index contributed by atoms with van der Waals surface area (Å²) in [4.78, 5) is 9.11. The molecule has 3 rings (SSSR count). The molecule has 3 heterocycles. The fourth-order valence-corrected chi connectivity index (χ4v) is 3.60. The molecule has 1 aromatic heterocycles. The van der Waals surface area contributed by atoms with Crippen molar-refractivity contribution in [3.63, 3.8) is 0 Å². The summed E-state index contributed by atoms with van der Waals surface area (Å²) in [6.45, 7) is 5.69. The number of anilines is 1. The average Bonchev–Trinajstić information content (AvgIpc) is 2.84. The van der Waals surface area contributed by atoms with Crippen LogP contribution in [-0.2, 0) is 0 Å². The van der Waals surface area contributed by atoms with Crippen molar-refractivity contribution >= 4 is 16.5 Å². The maximum Gasteiger partial charge on any atom is 0.185 e. The van der Waals surface area contributed by atoms with Crippen LogP contribution in [0.1, 0.15) is 6.42 Å². The molecular formula is C11H17N3OS. The van der Waals surface area contributed by atoms with Crippen molar-refractivity contribution in [3.05, 3.63) is 11.6 Å². The Hall–Kier alpha value is -0.650. The normalized spacial score (nSPS) is 23.9. The third kappa shape index (κ3) is 1.73. The topological polar surface area (TPSA) is 39.6 Å². The molecule has 0 amide bonds. The van der Waals surface area contributed by atoms with Crippen molar-refractivity contribution in [3.8, 4) is 0 Å². The van der Waals surface area contributed by atoms with E-state index in [4.69, 9.17) is 5.11 Å². The molecule has 1 aromatic rings. The molecule has 88 valence electrons. The first-order valence-corrected chi connectivity index (χ1v) is 6.67. The van der Waals surface area contributed by atoms with Gasteiger partial charge in [0.25, 0.3) is 0 Å². The lowest BCUT2D eigenvalue weighted by Crippen LogP contribution is -2.58. The van der Waals surface area contributed by atoms with Crippen LogP contribution in [0.15, 0.2) is 11.6 Å². The molecule has 0 aliphatic carbocycles. The molecule has 0 aromatic carbocycles. The van der Waals surface area contributed by atoms with Gasteiger partial charge in [-0.2, -0.15) is 0 Å². The number of thiazole rings is 1. The Labute approximate surface area is 99.5 Å². The van der Waals surface area contributed by atoms with Crippen LogP contribution in [0.2, 0.25) is 0 Å². The van der Waals surface area contributed by atoms with Crippen LogP contribution in [0.4, 0.5) is 5.13 Å². The Morgan fingerprint density at radius 3 is 3.00 bits per heavy atom. The Morgan fingerprint density at radius 2 is 2.31 bits per heavy atom. The Morgan fingerprint density at radius 1 is 1.44 bits per heavy atom. The summed E-state index contributed by atoms with van der Waals surface area (Å²) in [5.74, 6) is 0. The van der Waals surface area contributed by atoms with Gasteiger partial charge in [0.05, 0.1) is 6.61 Å². The highest BCUT2D eigenvalue weighted by Crippen LogP contribution is 2.41. The second kappa shape index (κ2) is 3.98. The number of rotatable bonds is 3. The van der Waals surface area contributed by atoms with Crippen molar-refractivity contribution in [2.75, 3.05) is 44.2 Å². The second-order valence-corrected chi connectivity index (χ2v) is 5.79. The molecule has 1 N–H and O–H groups in total. The summed E-state index contributed by atoms with van der Waals surface area (Å²) in [7, 11) is 0. The fourth-order valence-electron chi connectivity index (χ4n) is 2.93. The minimum atomic E-state index is 0.284. The van der Waals surface area contributed by atoms with Crippen LogP contribution in [0.3, 0.4) is 0 Å². The molecular weight excluding hydrogens is 222 g/mol. The molecule has 2 fully saturated rings. The summed E-state index contributed by atoms with van der Waals surface area (Å²) >= 11 is 1.73. The number of β-amino-alcohol motifs (C(OH)–C–C–N with tert-alkyl or cyclic N) is 1. The first-order valence-electron chi connectivity index (χ1n) is 5.79. The van der Waals surface area contributed by atoms with Gasteiger partial charge in [-0.1, -0.05) is 0 Å². The van der Waals surface area contributed by atoms with E-state index in [0.717, 1.165) is 37.9 Å². The zero-order valence-electron chi connectivity index (χ0n) is 9.30. The summed E-state index contributed by atoms with van der Waals surface area (Å²) in [5, 5.41) is 12.1. The summed E-state index contributed by atoms with van der Waals surface area (Å²) in [6.07, 6.45) is 3.15. The minimum Gasteiger partial charge on any atom is -0.395 e. The predicted molar refractivity (Wildman–Crippen MR) is 64.9 cm³/mol. The van der Waals surface area contributed by atoms with Gasteiger partial charge in [0.2, 0.25) is 0 Å². The van der Waals surface area contributed by atoms with Crippen molar-refractivity contribution in [2.24, 2.45) is 5.41 Å². The van der Waals surface area contributed by atoms with Crippen LogP contribution in [-0.4, -0.2) is 54.3 Å². The third-order valence-corrected chi connectivity index (χ3v) is 4.49. The van der Waals surface area contributed by atoms with Gasteiger partial charge in [0.1, 0.15) is 0 Å². The molecule has 2 saturated heterocycles. The maximum absolute atomic E-state index is 8.87. The lowest BCUT2D eigenvalue weighted by Gasteiger charge is -2.47. The molecule has 0 bridgehead atoms. The maximum atomic E-state index is 8.87. The van der Waals surface area contributed by atoms with E-state index in [-0.39, 0.29) is 6.61 Å². The number of aliphatic hydroxyl groups excluding tert-OH is 1. The number of nitrogens with zero attached hydrogens (tertiary/aromatic N) is 3. The first kappa shape index (κ1) is 10.5. The summed E-state index contributed by atoms with van der Waals surface area (Å²) < 4.78 is 0. The van der Waals surface area contributed by atoms with E-state index in [1.54, 1.807) is 11.3 Å². The van der Waals surface area contributed by atoms with E-state index in [1.807, 2.05) is 11.6 Å². The van der Waals surface area contributed by atoms with E-state index in [0.29, 0.717) is 5.41 Å². The van der Waals surface area contributed by atoms with Gasteiger partial charge < -0.3 is 10.0 Å². The van der Waals surface area contributed by atoms with Gasteiger partial charge in [-0.15, -0.1) is 11.3 Å². The van der Waals surface area contributed by atoms with Crippen molar-refractivity contribution in [1.82, 2.24) is 9.88 Å². The largest absolute Gasteiger partial charge is 0.395 e. The van der Waals surface area contributed by atoms with E-state index in [2.05, 4.69) is 14.8 Å². The quantitative estimate of drug-likeness (QED) is 0.840. The van der Waals surface area contributed by atoms with Gasteiger partial charge in [0.15, 0.2) is 5.13 Å². The molecule has 0 saturated carbocycles. The lowest BCUT2D eigenvalue weighted by molar-refractivity contribution is 0.00716. The molecule has 5 heteroatoms. The van der Waals surface area contributed by atoms with Crippen LogP contribution in [0.5, 0.6) is 0 Å². The smallest absolute Gasteiger partial charge is 0.185 e. The fraction of sp³-hybridized carbons (Fsp3) is 0.727. The second-order valence-electron chi connectivity index (χ2n) is 4.92. The molecule has 1 spiro atoms. The number of likely N-dealkylation sites (tertiary alicyclic amines) is 1. The van der Waals surface area contributed by atoms with E-state index < -0.39 is 0 Å². The number of hydrogen-bond donors (Lipinski definition) is 1. The zero-order valence-corrected chi connectivity index (χ0v) is 10.1. The predicted octanol–water partition coefficient (Wildman–Crippen LogP) is 0.647. The zero-order chi connectivity index (χ0) is 11.0. The van der Waals surface area contributed by atoms with Gasteiger partial charge in [0, 0.05) is 49.7 Å². The van der Waals surface area contributed by atoms with Crippen molar-refractivity contribution in [1.29, 1.82) is 0 Å². The van der Waals surface area contributed by atoms with Crippen LogP contribution in [0.25, 0.3) is 0 Å². The first-order chi connectivity index (χ1) is 7.81. The highest BCUT2D eigenvalue weighted by atomic mass is 32.1. The molecule has 0 atom stereocenters. The van der Waals surface area contributed by atoms with Crippen LogP contribution >= 0.6 is 11.3 Å². The lowest BCUT2D eigenvalue weighted by atomic mass is 9.79. The summed E-state index contributed by atoms with van der Waals surface area (Å²) in [5.41, 5.74) is 0.487. The number of aromatic nitrogens is 1. The van der Waals surface area contributed by atoms with Crippen molar-refractivity contribution in [2.45, 2.75) is 6.42 Å².